The van der Waals surface area contributed by atoms with Crippen molar-refractivity contribution in [2.75, 3.05) is 12.4 Å². The Kier molecular flexibility index (Phi) is 3.25. The SMILES string of the molecule is COc1cccc2cc([C@H](C)Nc3ncccn3)oc12. The summed E-state index contributed by atoms with van der Waals surface area (Å²) in [5.74, 6) is 2.13. The molecule has 0 bridgehead atoms. The first-order valence-electron chi connectivity index (χ1n) is 6.38. The van der Waals surface area contributed by atoms with Crippen molar-refractivity contribution in [2.24, 2.45) is 0 Å². The zero-order valence-corrected chi connectivity index (χ0v) is 11.3. The van der Waals surface area contributed by atoms with E-state index in [9.17, 15) is 0 Å². The van der Waals surface area contributed by atoms with Crippen LogP contribution in [0.25, 0.3) is 11.0 Å². The van der Waals surface area contributed by atoms with Gasteiger partial charge in [0.15, 0.2) is 11.3 Å². The molecule has 5 nitrogen and oxygen atoms in total. The Morgan fingerprint density at radius 3 is 2.75 bits per heavy atom. The summed E-state index contributed by atoms with van der Waals surface area (Å²) < 4.78 is 11.2. The van der Waals surface area contributed by atoms with Gasteiger partial charge in [0, 0.05) is 17.8 Å². The number of rotatable bonds is 4. The van der Waals surface area contributed by atoms with Crippen molar-refractivity contribution >= 4 is 16.9 Å². The minimum Gasteiger partial charge on any atom is -0.493 e. The molecule has 0 unspecified atom stereocenters. The van der Waals surface area contributed by atoms with Crippen LogP contribution in [0.1, 0.15) is 18.7 Å². The Morgan fingerprint density at radius 1 is 1.20 bits per heavy atom. The number of benzene rings is 1. The number of nitrogens with one attached hydrogen (secondary N) is 1. The molecule has 1 aromatic carbocycles. The first-order valence-corrected chi connectivity index (χ1v) is 6.38. The average Bonchev–Trinajstić information content (AvgIpc) is 2.92. The third-order valence-electron chi connectivity index (χ3n) is 3.09. The number of anilines is 1. The zero-order chi connectivity index (χ0) is 13.9. The van der Waals surface area contributed by atoms with Gasteiger partial charge >= 0.3 is 0 Å². The number of para-hydroxylation sites is 1. The predicted octanol–water partition coefficient (Wildman–Crippen LogP) is 3.40. The maximum atomic E-state index is 5.88. The highest BCUT2D eigenvalue weighted by atomic mass is 16.5. The highest BCUT2D eigenvalue weighted by molar-refractivity contribution is 5.83. The minimum absolute atomic E-state index is 0.0329. The van der Waals surface area contributed by atoms with Crippen molar-refractivity contribution in [3.8, 4) is 5.75 Å². The summed E-state index contributed by atoms with van der Waals surface area (Å²) in [5.41, 5.74) is 0.757. The summed E-state index contributed by atoms with van der Waals surface area (Å²) in [4.78, 5) is 8.29. The fourth-order valence-corrected chi connectivity index (χ4v) is 2.07. The number of ether oxygens (including phenoxy) is 1. The molecule has 1 atom stereocenters. The lowest BCUT2D eigenvalue weighted by molar-refractivity contribution is 0.406. The molecule has 0 saturated carbocycles. The molecule has 2 heterocycles. The third-order valence-corrected chi connectivity index (χ3v) is 3.09. The monoisotopic (exact) mass is 269 g/mol. The standard InChI is InChI=1S/C15H15N3O2/c1-10(18-15-16-7-4-8-17-15)13-9-11-5-3-6-12(19-2)14(11)20-13/h3-10H,1-2H3,(H,16,17,18)/t10-/m0/s1. The smallest absolute Gasteiger partial charge is 0.223 e. The molecule has 0 saturated heterocycles. The van der Waals surface area contributed by atoms with Gasteiger partial charge in [-0.2, -0.15) is 0 Å². The number of nitrogens with zero attached hydrogens (tertiary/aromatic N) is 2. The number of fused-ring (bicyclic) bond motifs is 1. The Balaban J connectivity index is 1.90. The molecule has 0 aliphatic heterocycles. The molecule has 0 aliphatic rings. The van der Waals surface area contributed by atoms with E-state index >= 15 is 0 Å². The number of hydrogen-bond donors (Lipinski definition) is 1. The van der Waals surface area contributed by atoms with Gasteiger partial charge in [-0.15, -0.1) is 0 Å². The van der Waals surface area contributed by atoms with Crippen LogP contribution in [0, 0.1) is 0 Å². The van der Waals surface area contributed by atoms with Crippen molar-refractivity contribution in [3.05, 3.63) is 48.5 Å². The van der Waals surface area contributed by atoms with Gasteiger partial charge in [0.05, 0.1) is 13.2 Å². The normalized spacial score (nSPS) is 12.3. The molecule has 0 aliphatic carbocycles. The fourth-order valence-electron chi connectivity index (χ4n) is 2.07. The first kappa shape index (κ1) is 12.5. The molecule has 1 N–H and O–H groups in total. The maximum absolute atomic E-state index is 5.88. The minimum atomic E-state index is -0.0329. The molecule has 0 fully saturated rings. The van der Waals surface area contributed by atoms with E-state index in [1.54, 1.807) is 25.6 Å². The van der Waals surface area contributed by atoms with Crippen molar-refractivity contribution < 1.29 is 9.15 Å². The number of furan rings is 1. The van der Waals surface area contributed by atoms with E-state index in [0.717, 1.165) is 22.5 Å². The summed E-state index contributed by atoms with van der Waals surface area (Å²) >= 11 is 0. The van der Waals surface area contributed by atoms with Crippen molar-refractivity contribution in [1.29, 1.82) is 0 Å². The van der Waals surface area contributed by atoms with Crippen LogP contribution < -0.4 is 10.1 Å². The largest absolute Gasteiger partial charge is 0.493 e. The summed E-state index contributed by atoms with van der Waals surface area (Å²) in [5, 5.41) is 4.22. The van der Waals surface area contributed by atoms with Gasteiger partial charge in [-0.05, 0) is 25.1 Å². The van der Waals surface area contributed by atoms with Crippen LogP contribution in [-0.2, 0) is 0 Å². The van der Waals surface area contributed by atoms with E-state index in [1.165, 1.54) is 0 Å². The average molecular weight is 269 g/mol. The van der Waals surface area contributed by atoms with E-state index in [0.29, 0.717) is 5.95 Å². The molecule has 2 aromatic heterocycles. The lowest BCUT2D eigenvalue weighted by Gasteiger charge is -2.10. The Bertz CT molecular complexity index is 709. The second kappa shape index (κ2) is 5.21. The van der Waals surface area contributed by atoms with E-state index in [4.69, 9.17) is 9.15 Å². The van der Waals surface area contributed by atoms with Gasteiger partial charge < -0.3 is 14.5 Å². The molecular weight excluding hydrogens is 254 g/mol. The van der Waals surface area contributed by atoms with Crippen molar-refractivity contribution in [2.45, 2.75) is 13.0 Å². The van der Waals surface area contributed by atoms with E-state index in [2.05, 4.69) is 15.3 Å². The lowest BCUT2D eigenvalue weighted by Crippen LogP contribution is -2.08. The van der Waals surface area contributed by atoms with E-state index in [-0.39, 0.29) is 6.04 Å². The lowest BCUT2D eigenvalue weighted by atomic mass is 10.2. The van der Waals surface area contributed by atoms with Crippen LogP contribution in [0.15, 0.2) is 47.1 Å². The fraction of sp³-hybridized carbons (Fsp3) is 0.200. The molecule has 3 rings (SSSR count). The molecule has 20 heavy (non-hydrogen) atoms. The van der Waals surface area contributed by atoms with E-state index < -0.39 is 0 Å². The summed E-state index contributed by atoms with van der Waals surface area (Å²) in [7, 11) is 1.64. The molecule has 0 spiro atoms. The number of hydrogen-bond acceptors (Lipinski definition) is 5. The van der Waals surface area contributed by atoms with E-state index in [1.807, 2.05) is 31.2 Å². The maximum Gasteiger partial charge on any atom is 0.223 e. The van der Waals surface area contributed by atoms with Gasteiger partial charge in [-0.25, -0.2) is 9.97 Å². The van der Waals surface area contributed by atoms with Crippen LogP contribution in [0.3, 0.4) is 0 Å². The number of methoxy groups -OCH3 is 1. The Hall–Kier alpha value is -2.56. The zero-order valence-electron chi connectivity index (χ0n) is 11.3. The van der Waals surface area contributed by atoms with Crippen LogP contribution >= 0.6 is 0 Å². The van der Waals surface area contributed by atoms with Crippen LogP contribution in [0.4, 0.5) is 5.95 Å². The van der Waals surface area contributed by atoms with Gasteiger partial charge in [-0.1, -0.05) is 12.1 Å². The van der Waals surface area contributed by atoms with Gasteiger partial charge in [0.25, 0.3) is 0 Å². The topological polar surface area (TPSA) is 60.2 Å². The second-order valence-electron chi connectivity index (χ2n) is 4.47. The highest BCUT2D eigenvalue weighted by Crippen LogP contribution is 2.31. The molecule has 3 aromatic rings. The summed E-state index contributed by atoms with van der Waals surface area (Å²) in [6, 6.07) is 9.57. The Morgan fingerprint density at radius 2 is 2.00 bits per heavy atom. The highest BCUT2D eigenvalue weighted by Gasteiger charge is 2.14. The predicted molar refractivity (Wildman–Crippen MR) is 76.8 cm³/mol. The number of aromatic nitrogens is 2. The van der Waals surface area contributed by atoms with Crippen LogP contribution in [0.5, 0.6) is 5.75 Å². The molecular formula is C15H15N3O2. The van der Waals surface area contributed by atoms with Crippen molar-refractivity contribution in [1.82, 2.24) is 9.97 Å². The first-order chi connectivity index (χ1) is 9.78. The molecule has 5 heteroatoms. The molecule has 0 radical (unpaired) electrons. The summed E-state index contributed by atoms with van der Waals surface area (Å²) in [6.07, 6.45) is 3.40. The van der Waals surface area contributed by atoms with Gasteiger partial charge in [0.1, 0.15) is 5.76 Å². The van der Waals surface area contributed by atoms with Gasteiger partial charge in [0.2, 0.25) is 5.95 Å². The van der Waals surface area contributed by atoms with Crippen molar-refractivity contribution in [3.63, 3.8) is 0 Å². The molecule has 0 amide bonds. The summed E-state index contributed by atoms with van der Waals surface area (Å²) in [6.45, 7) is 2.00. The second-order valence-corrected chi connectivity index (χ2v) is 4.47. The molecule has 102 valence electrons. The quantitative estimate of drug-likeness (QED) is 0.786. The third kappa shape index (κ3) is 2.30. The van der Waals surface area contributed by atoms with Crippen LogP contribution in [0.2, 0.25) is 0 Å². The van der Waals surface area contributed by atoms with Crippen LogP contribution in [-0.4, -0.2) is 17.1 Å². The Labute approximate surface area is 116 Å². The van der Waals surface area contributed by atoms with Gasteiger partial charge in [-0.3, -0.25) is 0 Å².